The quantitative estimate of drug-likeness (QED) is 0.825. The van der Waals surface area contributed by atoms with Gasteiger partial charge in [0.1, 0.15) is 0 Å². The molecule has 2 aromatic rings. The Bertz CT molecular complexity index is 617. The molecule has 1 aromatic carbocycles. The number of rotatable bonds is 5. The Morgan fingerprint density at radius 3 is 2.40 bits per heavy atom. The molecule has 3 heteroatoms. The molecule has 2 nitrogen and oxygen atoms in total. The summed E-state index contributed by atoms with van der Waals surface area (Å²) in [5, 5.41) is 0. The molecule has 0 radical (unpaired) electrons. The fourth-order valence-corrected chi connectivity index (χ4v) is 2.45. The zero-order valence-electron chi connectivity index (χ0n) is 12.0. The first-order chi connectivity index (χ1) is 9.63. The number of pyridine rings is 1. The van der Waals surface area contributed by atoms with Crippen molar-refractivity contribution in [3.63, 3.8) is 0 Å². The van der Waals surface area contributed by atoms with Gasteiger partial charge in [0, 0.05) is 17.9 Å². The third-order valence-corrected chi connectivity index (χ3v) is 3.76. The number of thiol groups is 1. The van der Waals surface area contributed by atoms with Crippen LogP contribution >= 0.6 is 12.6 Å². The van der Waals surface area contributed by atoms with Crippen LogP contribution in [0.2, 0.25) is 0 Å². The highest BCUT2D eigenvalue weighted by Gasteiger charge is 2.10. The van der Waals surface area contributed by atoms with Crippen molar-refractivity contribution < 1.29 is 0 Å². The molecule has 0 aliphatic carbocycles. The minimum atomic E-state index is 0.0852. The predicted octanol–water partition coefficient (Wildman–Crippen LogP) is 3.99. The van der Waals surface area contributed by atoms with Crippen LogP contribution in [-0.4, -0.2) is 4.57 Å². The molecule has 1 heterocycles. The topological polar surface area (TPSA) is 22.0 Å². The van der Waals surface area contributed by atoms with Crippen molar-refractivity contribution in [2.75, 3.05) is 0 Å². The molecule has 0 saturated heterocycles. The molecule has 0 aliphatic rings. The summed E-state index contributed by atoms with van der Waals surface area (Å²) in [4.78, 5) is 12.5. The average molecular weight is 287 g/mol. The third-order valence-electron chi connectivity index (χ3n) is 3.42. The number of hydrogen-bond acceptors (Lipinski definition) is 2. The smallest absolute Gasteiger partial charge is 0.255 e. The second kappa shape index (κ2) is 6.80. The molecule has 1 aromatic heterocycles. The van der Waals surface area contributed by atoms with E-state index in [1.165, 1.54) is 0 Å². The summed E-state index contributed by atoms with van der Waals surface area (Å²) in [6.07, 6.45) is 0.996. The first-order valence-corrected chi connectivity index (χ1v) is 7.65. The van der Waals surface area contributed by atoms with Crippen molar-refractivity contribution >= 4 is 12.6 Å². The van der Waals surface area contributed by atoms with Crippen molar-refractivity contribution in [1.29, 1.82) is 0 Å². The Kier molecular flexibility index (Phi) is 5.07. The second-order valence-electron chi connectivity index (χ2n) is 5.41. The van der Waals surface area contributed by atoms with Crippen molar-refractivity contribution in [3.8, 4) is 11.3 Å². The molecular formula is C17H21NOS. The van der Waals surface area contributed by atoms with Crippen molar-refractivity contribution in [3.05, 3.63) is 58.4 Å². The van der Waals surface area contributed by atoms with Gasteiger partial charge in [-0.15, -0.1) is 0 Å². The first-order valence-electron chi connectivity index (χ1n) is 7.02. The third kappa shape index (κ3) is 3.34. The Labute approximate surface area is 125 Å². The zero-order chi connectivity index (χ0) is 14.5. The van der Waals surface area contributed by atoms with Gasteiger partial charge in [-0.3, -0.25) is 4.79 Å². The molecule has 0 spiro atoms. The summed E-state index contributed by atoms with van der Waals surface area (Å²) in [5.41, 5.74) is 2.92. The summed E-state index contributed by atoms with van der Waals surface area (Å²) in [6, 6.07) is 14.0. The van der Waals surface area contributed by atoms with E-state index in [0.29, 0.717) is 11.7 Å². The highest BCUT2D eigenvalue weighted by atomic mass is 32.1. The molecule has 0 fully saturated rings. The zero-order valence-corrected chi connectivity index (χ0v) is 12.9. The lowest BCUT2D eigenvalue weighted by molar-refractivity contribution is 0.510. The van der Waals surface area contributed by atoms with Gasteiger partial charge in [-0.05, 0) is 24.0 Å². The fraction of sp³-hybridized carbons (Fsp3) is 0.353. The first kappa shape index (κ1) is 14.9. The predicted molar refractivity (Wildman–Crippen MR) is 88.3 cm³/mol. The van der Waals surface area contributed by atoms with Crippen molar-refractivity contribution in [1.82, 2.24) is 4.57 Å². The fourth-order valence-electron chi connectivity index (χ4n) is 2.21. The Hall–Kier alpha value is -1.48. The van der Waals surface area contributed by atoms with Crippen LogP contribution in [0.15, 0.2) is 47.3 Å². The standard InChI is InChI=1S/C17H21NOS/c1-13(2)10-11-18-16(14-6-4-3-5-7-14)9-8-15(12-20)17(18)19/h3-9,13,20H,10-12H2,1-2H3. The molecule has 2 rings (SSSR count). The van der Waals surface area contributed by atoms with Gasteiger partial charge in [0.05, 0.1) is 5.69 Å². The van der Waals surface area contributed by atoms with E-state index in [9.17, 15) is 4.79 Å². The van der Waals surface area contributed by atoms with Gasteiger partial charge < -0.3 is 4.57 Å². The summed E-state index contributed by atoms with van der Waals surface area (Å²) in [7, 11) is 0. The normalized spacial score (nSPS) is 11.0. The van der Waals surface area contributed by atoms with Gasteiger partial charge in [-0.1, -0.05) is 50.2 Å². The summed E-state index contributed by atoms with van der Waals surface area (Å²) < 4.78 is 1.89. The van der Waals surface area contributed by atoms with Gasteiger partial charge in [-0.25, -0.2) is 0 Å². The number of nitrogens with zero attached hydrogens (tertiary/aromatic N) is 1. The van der Waals surface area contributed by atoms with Crippen LogP contribution < -0.4 is 5.56 Å². The molecule has 0 unspecified atom stereocenters. The lowest BCUT2D eigenvalue weighted by Gasteiger charge is -2.15. The highest BCUT2D eigenvalue weighted by molar-refractivity contribution is 7.79. The van der Waals surface area contributed by atoms with E-state index in [0.717, 1.165) is 29.8 Å². The molecule has 20 heavy (non-hydrogen) atoms. The lowest BCUT2D eigenvalue weighted by Crippen LogP contribution is -2.25. The molecule has 0 aliphatic heterocycles. The molecule has 0 bridgehead atoms. The minimum Gasteiger partial charge on any atom is -0.308 e. The van der Waals surface area contributed by atoms with Crippen molar-refractivity contribution in [2.45, 2.75) is 32.6 Å². The largest absolute Gasteiger partial charge is 0.308 e. The van der Waals surface area contributed by atoms with Crippen LogP contribution in [0.3, 0.4) is 0 Å². The number of hydrogen-bond donors (Lipinski definition) is 1. The minimum absolute atomic E-state index is 0.0852. The van der Waals surface area contributed by atoms with Gasteiger partial charge in [0.2, 0.25) is 0 Å². The highest BCUT2D eigenvalue weighted by Crippen LogP contribution is 2.19. The van der Waals surface area contributed by atoms with E-state index in [-0.39, 0.29) is 5.56 Å². The van der Waals surface area contributed by atoms with Gasteiger partial charge in [-0.2, -0.15) is 12.6 Å². The van der Waals surface area contributed by atoms with E-state index < -0.39 is 0 Å². The summed E-state index contributed by atoms with van der Waals surface area (Å²) >= 11 is 4.24. The van der Waals surface area contributed by atoms with Crippen LogP contribution in [0, 0.1) is 5.92 Å². The number of aromatic nitrogens is 1. The molecule has 0 amide bonds. The van der Waals surface area contributed by atoms with Gasteiger partial charge >= 0.3 is 0 Å². The van der Waals surface area contributed by atoms with E-state index in [1.54, 1.807) is 0 Å². The summed E-state index contributed by atoms with van der Waals surface area (Å²) in [5.74, 6) is 1.06. The number of benzene rings is 1. The van der Waals surface area contributed by atoms with Crippen LogP contribution in [0.1, 0.15) is 25.8 Å². The SMILES string of the molecule is CC(C)CCn1c(-c2ccccc2)ccc(CS)c1=O. The van der Waals surface area contributed by atoms with E-state index in [1.807, 2.05) is 47.0 Å². The Morgan fingerprint density at radius 1 is 1.10 bits per heavy atom. The van der Waals surface area contributed by atoms with Gasteiger partial charge in [0.15, 0.2) is 0 Å². The van der Waals surface area contributed by atoms with Crippen LogP contribution in [0.25, 0.3) is 11.3 Å². The Morgan fingerprint density at radius 2 is 1.80 bits per heavy atom. The summed E-state index contributed by atoms with van der Waals surface area (Å²) in [6.45, 7) is 5.10. The van der Waals surface area contributed by atoms with Crippen LogP contribution in [0.4, 0.5) is 0 Å². The van der Waals surface area contributed by atoms with E-state index >= 15 is 0 Å². The van der Waals surface area contributed by atoms with Crippen molar-refractivity contribution in [2.24, 2.45) is 5.92 Å². The Balaban J connectivity index is 2.51. The molecule has 106 valence electrons. The molecule has 0 N–H and O–H groups in total. The second-order valence-corrected chi connectivity index (χ2v) is 5.72. The monoisotopic (exact) mass is 287 g/mol. The van der Waals surface area contributed by atoms with Gasteiger partial charge in [0.25, 0.3) is 5.56 Å². The molecule has 0 atom stereocenters. The lowest BCUT2D eigenvalue weighted by atomic mass is 10.1. The molecular weight excluding hydrogens is 266 g/mol. The maximum atomic E-state index is 12.5. The van der Waals surface area contributed by atoms with Crippen LogP contribution in [0.5, 0.6) is 0 Å². The van der Waals surface area contributed by atoms with E-state index in [4.69, 9.17) is 0 Å². The van der Waals surface area contributed by atoms with Crippen LogP contribution in [-0.2, 0) is 12.3 Å². The molecule has 0 saturated carbocycles. The maximum Gasteiger partial charge on any atom is 0.255 e. The van der Waals surface area contributed by atoms with E-state index in [2.05, 4.69) is 26.5 Å². The maximum absolute atomic E-state index is 12.5. The average Bonchev–Trinajstić information content (AvgIpc) is 2.46.